The number of hydrogen-bond acceptors (Lipinski definition) is 2. The van der Waals surface area contributed by atoms with Gasteiger partial charge in [-0.1, -0.05) is 54.1 Å². The predicted molar refractivity (Wildman–Crippen MR) is 91.9 cm³/mol. The number of nitrogens with one attached hydrogen (secondary N) is 1. The van der Waals surface area contributed by atoms with E-state index in [1.807, 2.05) is 69.3 Å². The molecule has 4 heteroatoms. The third-order valence-corrected chi connectivity index (χ3v) is 4.66. The van der Waals surface area contributed by atoms with Crippen LogP contribution in [0.25, 0.3) is 6.08 Å². The van der Waals surface area contributed by atoms with Gasteiger partial charge in [0.15, 0.2) is 0 Å². The molecule has 1 unspecified atom stereocenters. The van der Waals surface area contributed by atoms with Crippen LogP contribution in [0.3, 0.4) is 0 Å². The fourth-order valence-corrected chi connectivity index (χ4v) is 3.34. The smallest absolute Gasteiger partial charge is 0.208 e. The molecule has 1 N–H and O–H groups in total. The Labute approximate surface area is 132 Å². The molecule has 0 aromatic heterocycles. The standard InChI is InChI=1S/C18H21NO2S/c1-14-9-10-15(2)18(13-14)16(3)19-22(20,21)12-11-17-7-5-4-6-8-17/h4-13,16,19H,1-3H3/b12-11+. The van der Waals surface area contributed by atoms with Gasteiger partial charge < -0.3 is 0 Å². The van der Waals surface area contributed by atoms with Gasteiger partial charge in [-0.05, 0) is 43.5 Å². The molecule has 116 valence electrons. The molecule has 0 amide bonds. The highest BCUT2D eigenvalue weighted by molar-refractivity contribution is 7.92. The molecule has 0 fully saturated rings. The first kappa shape index (κ1) is 16.5. The molecular weight excluding hydrogens is 294 g/mol. The first-order chi connectivity index (χ1) is 10.4. The van der Waals surface area contributed by atoms with Gasteiger partial charge in [-0.3, -0.25) is 0 Å². The highest BCUT2D eigenvalue weighted by Crippen LogP contribution is 2.20. The van der Waals surface area contributed by atoms with Gasteiger partial charge in [0.25, 0.3) is 0 Å². The molecule has 0 aliphatic carbocycles. The minimum atomic E-state index is -3.49. The summed E-state index contributed by atoms with van der Waals surface area (Å²) in [5.74, 6) is 0. The molecule has 0 bridgehead atoms. The van der Waals surface area contributed by atoms with E-state index < -0.39 is 10.0 Å². The fraction of sp³-hybridized carbons (Fsp3) is 0.222. The summed E-state index contributed by atoms with van der Waals surface area (Å²) in [6, 6.07) is 15.1. The number of benzene rings is 2. The number of hydrogen-bond donors (Lipinski definition) is 1. The maximum atomic E-state index is 12.2. The fourth-order valence-electron chi connectivity index (χ4n) is 2.31. The molecule has 3 nitrogen and oxygen atoms in total. The van der Waals surface area contributed by atoms with E-state index in [2.05, 4.69) is 4.72 Å². The van der Waals surface area contributed by atoms with E-state index in [-0.39, 0.29) is 6.04 Å². The Morgan fingerprint density at radius 2 is 1.73 bits per heavy atom. The molecule has 0 saturated heterocycles. The number of sulfonamides is 1. The van der Waals surface area contributed by atoms with Crippen LogP contribution in [0, 0.1) is 13.8 Å². The van der Waals surface area contributed by atoms with Crippen molar-refractivity contribution < 1.29 is 8.42 Å². The van der Waals surface area contributed by atoms with Crippen molar-refractivity contribution >= 4 is 16.1 Å². The van der Waals surface area contributed by atoms with Gasteiger partial charge in [0.2, 0.25) is 10.0 Å². The summed E-state index contributed by atoms with van der Waals surface area (Å²) in [6.07, 6.45) is 1.60. The van der Waals surface area contributed by atoms with E-state index >= 15 is 0 Å². The van der Waals surface area contributed by atoms with Crippen molar-refractivity contribution in [3.63, 3.8) is 0 Å². The Bertz CT molecular complexity index is 765. The molecule has 2 rings (SSSR count). The molecule has 0 aliphatic rings. The first-order valence-corrected chi connectivity index (χ1v) is 8.74. The second-order valence-corrected chi connectivity index (χ2v) is 7.06. The quantitative estimate of drug-likeness (QED) is 0.908. The zero-order valence-corrected chi connectivity index (χ0v) is 13.9. The van der Waals surface area contributed by atoms with Gasteiger partial charge in [-0.15, -0.1) is 0 Å². The molecule has 2 aromatic carbocycles. The molecule has 0 spiro atoms. The monoisotopic (exact) mass is 315 g/mol. The number of aryl methyl sites for hydroxylation is 2. The molecule has 0 saturated carbocycles. The highest BCUT2D eigenvalue weighted by Gasteiger charge is 2.14. The van der Waals surface area contributed by atoms with Gasteiger partial charge in [0.05, 0.1) is 0 Å². The van der Waals surface area contributed by atoms with Crippen molar-refractivity contribution in [2.24, 2.45) is 0 Å². The lowest BCUT2D eigenvalue weighted by molar-refractivity contribution is 0.576. The third-order valence-electron chi connectivity index (χ3n) is 3.48. The minimum absolute atomic E-state index is 0.273. The highest BCUT2D eigenvalue weighted by atomic mass is 32.2. The van der Waals surface area contributed by atoms with Crippen LogP contribution in [0.2, 0.25) is 0 Å². The van der Waals surface area contributed by atoms with Crippen molar-refractivity contribution in [1.29, 1.82) is 0 Å². The van der Waals surface area contributed by atoms with E-state index in [1.165, 1.54) is 5.41 Å². The Morgan fingerprint density at radius 3 is 2.41 bits per heavy atom. The van der Waals surface area contributed by atoms with Crippen molar-refractivity contribution in [1.82, 2.24) is 4.72 Å². The van der Waals surface area contributed by atoms with Gasteiger partial charge in [-0.25, -0.2) is 13.1 Å². The van der Waals surface area contributed by atoms with Gasteiger partial charge in [0, 0.05) is 11.4 Å². The number of rotatable bonds is 5. The lowest BCUT2D eigenvalue weighted by Crippen LogP contribution is -2.25. The summed E-state index contributed by atoms with van der Waals surface area (Å²) in [4.78, 5) is 0. The maximum Gasteiger partial charge on any atom is 0.234 e. The van der Waals surface area contributed by atoms with Crippen LogP contribution >= 0.6 is 0 Å². The van der Waals surface area contributed by atoms with Crippen LogP contribution in [-0.4, -0.2) is 8.42 Å². The predicted octanol–water partition coefficient (Wildman–Crippen LogP) is 3.95. The van der Waals surface area contributed by atoms with E-state index in [0.717, 1.165) is 22.3 Å². The van der Waals surface area contributed by atoms with Crippen molar-refractivity contribution in [3.05, 3.63) is 76.2 Å². The molecule has 2 aromatic rings. The Morgan fingerprint density at radius 1 is 1.05 bits per heavy atom. The summed E-state index contributed by atoms with van der Waals surface area (Å²) in [5.41, 5.74) is 4.04. The van der Waals surface area contributed by atoms with Crippen LogP contribution in [0.1, 0.15) is 35.2 Å². The minimum Gasteiger partial charge on any atom is -0.208 e. The summed E-state index contributed by atoms with van der Waals surface area (Å²) < 4.78 is 27.1. The zero-order valence-electron chi connectivity index (χ0n) is 13.1. The largest absolute Gasteiger partial charge is 0.234 e. The van der Waals surface area contributed by atoms with Crippen LogP contribution in [0.5, 0.6) is 0 Å². The molecule has 22 heavy (non-hydrogen) atoms. The van der Waals surface area contributed by atoms with Crippen LogP contribution in [-0.2, 0) is 10.0 Å². The van der Waals surface area contributed by atoms with Gasteiger partial charge in [-0.2, -0.15) is 0 Å². The summed E-state index contributed by atoms with van der Waals surface area (Å²) in [7, 11) is -3.49. The van der Waals surface area contributed by atoms with Crippen molar-refractivity contribution in [3.8, 4) is 0 Å². The lowest BCUT2D eigenvalue weighted by Gasteiger charge is -2.16. The van der Waals surface area contributed by atoms with E-state index in [0.29, 0.717) is 0 Å². The Hall–Kier alpha value is -1.91. The SMILES string of the molecule is Cc1ccc(C)c(C(C)NS(=O)(=O)/C=C/c2ccccc2)c1. The molecular formula is C18H21NO2S. The molecule has 1 atom stereocenters. The van der Waals surface area contributed by atoms with Crippen LogP contribution < -0.4 is 4.72 Å². The summed E-state index contributed by atoms with van der Waals surface area (Å²) >= 11 is 0. The topological polar surface area (TPSA) is 46.2 Å². The average molecular weight is 315 g/mol. The normalized spacial score (nSPS) is 13.4. The van der Waals surface area contributed by atoms with E-state index in [9.17, 15) is 8.42 Å². The second kappa shape index (κ2) is 6.90. The lowest BCUT2D eigenvalue weighted by atomic mass is 10.0. The van der Waals surface area contributed by atoms with Gasteiger partial charge >= 0.3 is 0 Å². The first-order valence-electron chi connectivity index (χ1n) is 7.20. The molecule has 0 heterocycles. The summed E-state index contributed by atoms with van der Waals surface area (Å²) in [6.45, 7) is 5.84. The molecule has 0 radical (unpaired) electrons. The van der Waals surface area contributed by atoms with Crippen LogP contribution in [0.4, 0.5) is 0 Å². The third kappa shape index (κ3) is 4.55. The second-order valence-electron chi connectivity index (χ2n) is 5.46. The van der Waals surface area contributed by atoms with Crippen LogP contribution in [0.15, 0.2) is 53.9 Å². The van der Waals surface area contributed by atoms with E-state index in [1.54, 1.807) is 6.08 Å². The zero-order chi connectivity index (χ0) is 16.2. The Kier molecular flexibility index (Phi) is 5.16. The Balaban J connectivity index is 2.14. The molecule has 0 aliphatic heterocycles. The average Bonchev–Trinajstić information content (AvgIpc) is 2.48. The maximum absolute atomic E-state index is 12.2. The van der Waals surface area contributed by atoms with Crippen molar-refractivity contribution in [2.45, 2.75) is 26.8 Å². The summed E-state index contributed by atoms with van der Waals surface area (Å²) in [5, 5.41) is 1.21. The van der Waals surface area contributed by atoms with E-state index in [4.69, 9.17) is 0 Å². The van der Waals surface area contributed by atoms with Crippen molar-refractivity contribution in [2.75, 3.05) is 0 Å². The van der Waals surface area contributed by atoms with Gasteiger partial charge in [0.1, 0.15) is 0 Å².